The lowest BCUT2D eigenvalue weighted by atomic mass is 9.86. The van der Waals surface area contributed by atoms with Gasteiger partial charge in [0.15, 0.2) is 0 Å². The Morgan fingerprint density at radius 2 is 1.64 bits per heavy atom. The van der Waals surface area contributed by atoms with Crippen molar-refractivity contribution in [2.45, 2.75) is 33.1 Å². The molecule has 4 heteroatoms. The number of benzene rings is 3. The summed E-state index contributed by atoms with van der Waals surface area (Å²) >= 11 is 0. The van der Waals surface area contributed by atoms with Crippen LogP contribution in [0, 0.1) is 6.92 Å². The molecule has 33 heavy (non-hydrogen) atoms. The zero-order valence-corrected chi connectivity index (χ0v) is 19.4. The van der Waals surface area contributed by atoms with Crippen LogP contribution in [0.3, 0.4) is 0 Å². The van der Waals surface area contributed by atoms with Gasteiger partial charge in [0.25, 0.3) is 0 Å². The van der Waals surface area contributed by atoms with Crippen molar-refractivity contribution >= 4 is 27.7 Å². The smallest absolute Gasteiger partial charge is 0.146 e. The summed E-state index contributed by atoms with van der Waals surface area (Å²) in [6, 6.07) is 28.8. The van der Waals surface area contributed by atoms with E-state index in [4.69, 9.17) is 9.52 Å². The maximum atomic E-state index is 6.30. The molecule has 0 spiro atoms. The first-order valence-electron chi connectivity index (χ1n) is 11.2. The lowest BCUT2D eigenvalue weighted by Crippen LogP contribution is -2.10. The highest BCUT2D eigenvalue weighted by Crippen LogP contribution is 2.27. The molecule has 0 amide bonds. The predicted molar refractivity (Wildman–Crippen MR) is 136 cm³/mol. The summed E-state index contributed by atoms with van der Waals surface area (Å²) in [6.07, 6.45) is 0. The van der Waals surface area contributed by atoms with Gasteiger partial charge in [-0.1, -0.05) is 69.3 Å². The highest BCUT2D eigenvalue weighted by Gasteiger charge is 2.14. The Hall–Kier alpha value is -3.92. The molecule has 5 aromatic rings. The molecular weight excluding hydrogens is 406 g/mol. The minimum Gasteiger partial charge on any atom is -0.456 e. The van der Waals surface area contributed by atoms with Crippen molar-refractivity contribution in [1.82, 2.24) is 4.98 Å². The minimum absolute atomic E-state index is 0.105. The first-order chi connectivity index (χ1) is 15.9. The summed E-state index contributed by atoms with van der Waals surface area (Å²) in [7, 11) is 0. The normalized spacial score (nSPS) is 12.4. The van der Waals surface area contributed by atoms with E-state index in [1.54, 1.807) is 0 Å². The Kier molecular flexibility index (Phi) is 5.21. The molecule has 0 fully saturated rings. The van der Waals surface area contributed by atoms with E-state index in [9.17, 15) is 0 Å². The van der Waals surface area contributed by atoms with Gasteiger partial charge in [-0.05, 0) is 53.8 Å². The number of fused-ring (bicyclic) bond motifs is 2. The maximum absolute atomic E-state index is 6.30. The van der Waals surface area contributed by atoms with Crippen LogP contribution in [0.25, 0.3) is 33.2 Å². The fourth-order valence-electron chi connectivity index (χ4n) is 3.89. The maximum Gasteiger partial charge on any atom is 0.146 e. The molecule has 1 N–H and O–H groups in total. The highest BCUT2D eigenvalue weighted by molar-refractivity contribution is 5.80. The van der Waals surface area contributed by atoms with Gasteiger partial charge < -0.3 is 4.42 Å². The number of rotatable bonds is 3. The van der Waals surface area contributed by atoms with Gasteiger partial charge in [-0.3, -0.25) is 5.43 Å². The van der Waals surface area contributed by atoms with Gasteiger partial charge in [0.2, 0.25) is 0 Å². The van der Waals surface area contributed by atoms with E-state index in [2.05, 4.69) is 86.6 Å². The average molecular weight is 434 g/mol. The molecule has 0 saturated carbocycles. The van der Waals surface area contributed by atoms with E-state index in [0.29, 0.717) is 5.82 Å². The molecule has 2 aromatic heterocycles. The third-order valence-electron chi connectivity index (χ3n) is 5.83. The first kappa shape index (κ1) is 21.0. The van der Waals surface area contributed by atoms with E-state index in [1.807, 2.05) is 36.4 Å². The van der Waals surface area contributed by atoms with Crippen molar-refractivity contribution in [3.05, 3.63) is 101 Å². The van der Waals surface area contributed by atoms with Crippen molar-refractivity contribution in [2.75, 3.05) is 5.43 Å². The molecule has 2 heterocycles. The predicted octanol–water partition coefficient (Wildman–Crippen LogP) is 7.18. The summed E-state index contributed by atoms with van der Waals surface area (Å²) < 4.78 is 6.30. The standard InChI is InChI=1S/C29H27N3O/c1-19-9-15-23-25(31-32-28-16-12-20-7-5-6-8-24(20)30-28)18-26(33-27(23)17-19)21-10-13-22(14-11-21)29(2,3)4/h5-18H,1-4H3,(H,30,32)/b31-25+. The number of pyridine rings is 1. The van der Waals surface area contributed by atoms with Gasteiger partial charge in [-0.2, -0.15) is 5.10 Å². The Bertz CT molecular complexity index is 1520. The molecule has 3 aromatic carbocycles. The van der Waals surface area contributed by atoms with Crippen LogP contribution in [0.1, 0.15) is 31.9 Å². The van der Waals surface area contributed by atoms with Crippen LogP contribution in [0.15, 0.2) is 94.4 Å². The minimum atomic E-state index is 0.105. The van der Waals surface area contributed by atoms with Crippen molar-refractivity contribution in [1.29, 1.82) is 0 Å². The summed E-state index contributed by atoms with van der Waals surface area (Å²) in [5.41, 5.74) is 8.43. The van der Waals surface area contributed by atoms with Crippen LogP contribution in [0.4, 0.5) is 5.82 Å². The van der Waals surface area contributed by atoms with Gasteiger partial charge in [0, 0.05) is 22.4 Å². The Balaban J connectivity index is 1.59. The van der Waals surface area contributed by atoms with Crippen molar-refractivity contribution in [3.8, 4) is 11.3 Å². The lowest BCUT2D eigenvalue weighted by molar-refractivity contribution is 0.589. The van der Waals surface area contributed by atoms with Crippen LogP contribution in [0.5, 0.6) is 0 Å². The third-order valence-corrected chi connectivity index (χ3v) is 5.83. The number of nitrogens with zero attached hydrogens (tertiary/aromatic N) is 2. The molecule has 164 valence electrons. The van der Waals surface area contributed by atoms with Crippen molar-refractivity contribution < 1.29 is 4.42 Å². The second-order valence-corrected chi connectivity index (χ2v) is 9.44. The first-order valence-corrected chi connectivity index (χ1v) is 11.2. The molecular formula is C29H27N3O. The summed E-state index contributed by atoms with van der Waals surface area (Å²) in [5, 5.41) is 7.57. The van der Waals surface area contributed by atoms with Crippen LogP contribution in [0.2, 0.25) is 0 Å². The zero-order valence-electron chi connectivity index (χ0n) is 19.4. The molecule has 0 aliphatic carbocycles. The molecule has 0 bridgehead atoms. The van der Waals surface area contributed by atoms with Gasteiger partial charge in [-0.15, -0.1) is 0 Å². The van der Waals surface area contributed by atoms with Gasteiger partial charge in [-0.25, -0.2) is 4.98 Å². The topological polar surface area (TPSA) is 50.4 Å². The Morgan fingerprint density at radius 1 is 0.848 bits per heavy atom. The molecule has 0 atom stereocenters. The number of aromatic nitrogens is 1. The van der Waals surface area contributed by atoms with E-state index in [1.165, 1.54) is 5.56 Å². The number of aryl methyl sites for hydroxylation is 1. The van der Waals surface area contributed by atoms with E-state index < -0.39 is 0 Å². The van der Waals surface area contributed by atoms with Gasteiger partial charge in [0.05, 0.1) is 10.9 Å². The van der Waals surface area contributed by atoms with Crippen LogP contribution >= 0.6 is 0 Å². The quantitative estimate of drug-likeness (QED) is 0.307. The second kappa shape index (κ2) is 8.21. The molecule has 0 saturated heterocycles. The molecule has 0 radical (unpaired) electrons. The third kappa shape index (κ3) is 4.37. The number of hydrogen-bond acceptors (Lipinski definition) is 4. The zero-order chi connectivity index (χ0) is 23.0. The molecule has 0 unspecified atom stereocenters. The molecule has 0 aliphatic rings. The Morgan fingerprint density at radius 3 is 2.42 bits per heavy atom. The summed E-state index contributed by atoms with van der Waals surface area (Å²) in [4.78, 5) is 4.67. The monoisotopic (exact) mass is 433 g/mol. The number of anilines is 1. The largest absolute Gasteiger partial charge is 0.456 e. The fraction of sp³-hybridized carbons (Fsp3) is 0.172. The van der Waals surface area contributed by atoms with E-state index in [0.717, 1.165) is 44.1 Å². The summed E-state index contributed by atoms with van der Waals surface area (Å²) in [5.74, 6) is 1.48. The SMILES string of the molecule is Cc1ccc2/c(=N/Nc3ccc4ccccc4n3)cc(-c3ccc(C(C)(C)C)cc3)oc2c1. The molecule has 4 nitrogen and oxygen atoms in total. The Labute approximate surface area is 193 Å². The van der Waals surface area contributed by atoms with Gasteiger partial charge in [0.1, 0.15) is 17.2 Å². The van der Waals surface area contributed by atoms with E-state index >= 15 is 0 Å². The molecule has 0 aliphatic heterocycles. The summed E-state index contributed by atoms with van der Waals surface area (Å²) in [6.45, 7) is 8.71. The van der Waals surface area contributed by atoms with Crippen molar-refractivity contribution in [2.24, 2.45) is 5.10 Å². The second-order valence-electron chi connectivity index (χ2n) is 9.44. The number of hydrogen-bond donors (Lipinski definition) is 1. The number of para-hydroxylation sites is 1. The van der Waals surface area contributed by atoms with Crippen molar-refractivity contribution in [3.63, 3.8) is 0 Å². The highest BCUT2D eigenvalue weighted by atomic mass is 16.3. The van der Waals surface area contributed by atoms with Gasteiger partial charge >= 0.3 is 0 Å². The van der Waals surface area contributed by atoms with E-state index in [-0.39, 0.29) is 5.41 Å². The molecule has 5 rings (SSSR count). The van der Waals surface area contributed by atoms with Crippen LogP contribution < -0.4 is 10.8 Å². The average Bonchev–Trinajstić information content (AvgIpc) is 2.81. The number of nitrogens with one attached hydrogen (secondary N) is 1. The van der Waals surface area contributed by atoms with Crippen LogP contribution in [-0.4, -0.2) is 4.98 Å². The fourth-order valence-corrected chi connectivity index (χ4v) is 3.89. The lowest BCUT2D eigenvalue weighted by Gasteiger charge is -2.19. The van der Waals surface area contributed by atoms with Crippen LogP contribution in [-0.2, 0) is 5.41 Å².